The van der Waals surface area contributed by atoms with Gasteiger partial charge in [0, 0.05) is 13.8 Å². The first-order valence-electron chi connectivity index (χ1n) is 16.1. The molecule has 4 heterocycles. The van der Waals surface area contributed by atoms with Crippen LogP contribution in [0.15, 0.2) is 0 Å². The van der Waals surface area contributed by atoms with E-state index in [2.05, 4.69) is 10.6 Å². The summed E-state index contributed by atoms with van der Waals surface area (Å²) < 4.78 is 38.0. The largest absolute Gasteiger partial charge is 0.479 e. The van der Waals surface area contributed by atoms with Gasteiger partial charge in [0.2, 0.25) is 11.8 Å². The van der Waals surface area contributed by atoms with E-state index in [-0.39, 0.29) is 0 Å². The van der Waals surface area contributed by atoms with Gasteiger partial charge in [-0.05, 0) is 0 Å². The summed E-state index contributed by atoms with van der Waals surface area (Å²) in [6, 6.07) is -3.36. The Morgan fingerprint density at radius 1 is 0.509 bits per heavy atom. The van der Waals surface area contributed by atoms with Crippen LogP contribution in [-0.4, -0.2) is 221 Å². The second-order valence-corrected chi connectivity index (χ2v) is 12.7. The van der Waals surface area contributed by atoms with Crippen LogP contribution in [0.25, 0.3) is 0 Å². The zero-order valence-corrected chi connectivity index (χ0v) is 27.8. The van der Waals surface area contributed by atoms with Gasteiger partial charge in [-0.3, -0.25) is 9.59 Å². The molecular formula is C28H44N2O23. The van der Waals surface area contributed by atoms with Gasteiger partial charge in [-0.25, -0.2) is 9.59 Å². The number of hydrogen-bond acceptors (Lipinski definition) is 21. The number of hydrogen-bond donors (Lipinski definition) is 14. The number of aliphatic carboxylic acids is 2. The normalized spacial score (nSPS) is 46.3. The first-order valence-corrected chi connectivity index (χ1v) is 16.1. The highest BCUT2D eigenvalue weighted by Gasteiger charge is 2.57. The van der Waals surface area contributed by atoms with E-state index in [1.165, 1.54) is 0 Å². The van der Waals surface area contributed by atoms with E-state index in [9.17, 15) is 80.5 Å². The van der Waals surface area contributed by atoms with Crippen LogP contribution in [0.4, 0.5) is 0 Å². The smallest absolute Gasteiger partial charge is 0.335 e. The number of aliphatic hydroxyl groups excluding tert-OH is 10. The Balaban J connectivity index is 1.57. The molecule has 0 aromatic carbocycles. The van der Waals surface area contributed by atoms with Crippen molar-refractivity contribution < 1.29 is 114 Å². The average molecular weight is 777 g/mol. The van der Waals surface area contributed by atoms with Crippen LogP contribution in [-0.2, 0) is 52.3 Å². The molecule has 4 aliphatic heterocycles. The summed E-state index contributed by atoms with van der Waals surface area (Å²) >= 11 is 0. The molecule has 20 atom stereocenters. The number of aliphatic hydroxyl groups is 10. The van der Waals surface area contributed by atoms with Gasteiger partial charge in [-0.15, -0.1) is 0 Å². The van der Waals surface area contributed by atoms with Gasteiger partial charge >= 0.3 is 11.9 Å². The molecule has 2 amide bonds. The molecule has 304 valence electrons. The van der Waals surface area contributed by atoms with E-state index in [0.29, 0.717) is 0 Å². The van der Waals surface area contributed by atoms with Crippen LogP contribution in [0.3, 0.4) is 0 Å². The van der Waals surface area contributed by atoms with Crippen molar-refractivity contribution in [2.75, 3.05) is 13.2 Å². The summed E-state index contributed by atoms with van der Waals surface area (Å²) in [5.74, 6) is -5.22. The van der Waals surface area contributed by atoms with Gasteiger partial charge in [0.15, 0.2) is 37.4 Å². The molecule has 0 bridgehead atoms. The molecular weight excluding hydrogens is 732 g/mol. The zero-order chi connectivity index (χ0) is 39.6. The summed E-state index contributed by atoms with van der Waals surface area (Å²) in [4.78, 5) is 48.1. The Morgan fingerprint density at radius 3 is 1.42 bits per heavy atom. The van der Waals surface area contributed by atoms with Crippen LogP contribution in [0, 0.1) is 0 Å². The van der Waals surface area contributed by atoms with Crippen molar-refractivity contribution in [3.63, 3.8) is 0 Å². The third-order valence-corrected chi connectivity index (χ3v) is 8.94. The van der Waals surface area contributed by atoms with Gasteiger partial charge in [0.1, 0.15) is 85.3 Å². The summed E-state index contributed by atoms with van der Waals surface area (Å²) in [6.45, 7) is 0.0834. The van der Waals surface area contributed by atoms with Gasteiger partial charge in [-0.1, -0.05) is 0 Å². The van der Waals surface area contributed by atoms with Crippen molar-refractivity contribution in [3.8, 4) is 0 Å². The maximum Gasteiger partial charge on any atom is 0.335 e. The topological polar surface area (TPSA) is 400 Å². The van der Waals surface area contributed by atoms with E-state index >= 15 is 0 Å². The lowest BCUT2D eigenvalue weighted by Gasteiger charge is -2.49. The minimum atomic E-state index is -2.26. The third-order valence-electron chi connectivity index (χ3n) is 8.94. The quantitative estimate of drug-likeness (QED) is 0.0875. The second kappa shape index (κ2) is 17.8. The maximum atomic E-state index is 12.4. The van der Waals surface area contributed by atoms with Crippen LogP contribution in [0.1, 0.15) is 13.8 Å². The number of carbonyl (C=O) groups is 4. The highest BCUT2D eigenvalue weighted by molar-refractivity contribution is 5.74. The molecule has 4 fully saturated rings. The fourth-order valence-corrected chi connectivity index (χ4v) is 6.29. The standard InChI is InChI=1S/C28H44N2O23/c1-5(33)29-9-12(36)11(35)7(3-31)47-26(9)52-20-15(39)17(41)28(53-22(20)24(44)45)50-18-8(4-32)48-27(10(13(18)37)30-6(2)34)51-19-14(38)16(40)25(46)49-21(19)23(42)43/h7-22,25-28,31-32,35-41,46H,3-4H2,1-2H3,(H,29,33)(H,30,34)(H,42,43)(H,44,45)/t7?,8?,9?,10?,11-,12?,13?,14?,15?,16?,17?,18-,19+,20+,21?,22?,25-,26-,27-,28-/m1/s1. The third kappa shape index (κ3) is 9.19. The number of amides is 2. The van der Waals surface area contributed by atoms with Crippen molar-refractivity contribution in [3.05, 3.63) is 0 Å². The lowest BCUT2D eigenvalue weighted by atomic mass is 9.94. The molecule has 25 nitrogen and oxygen atoms in total. The van der Waals surface area contributed by atoms with E-state index < -0.39 is 160 Å². The van der Waals surface area contributed by atoms with Crippen molar-refractivity contribution in [1.82, 2.24) is 10.6 Å². The molecule has 0 aliphatic carbocycles. The van der Waals surface area contributed by atoms with Gasteiger partial charge in [0.05, 0.1) is 13.2 Å². The maximum absolute atomic E-state index is 12.4. The molecule has 0 aromatic heterocycles. The zero-order valence-electron chi connectivity index (χ0n) is 27.8. The predicted octanol–water partition coefficient (Wildman–Crippen LogP) is -9.28. The van der Waals surface area contributed by atoms with E-state index in [4.69, 9.17) is 33.2 Å². The molecule has 12 unspecified atom stereocenters. The Bertz CT molecular complexity index is 1300. The van der Waals surface area contributed by atoms with E-state index in [1.807, 2.05) is 0 Å². The molecule has 4 saturated heterocycles. The molecule has 0 aromatic rings. The van der Waals surface area contributed by atoms with Gasteiger partial charge in [-0.2, -0.15) is 0 Å². The Labute approximate surface area is 298 Å². The second-order valence-electron chi connectivity index (χ2n) is 12.7. The number of carboxylic acid groups (broad SMARTS) is 2. The molecule has 4 rings (SSSR count). The SMILES string of the molecule is CC(=O)NC1C(O)[C@H](O)C(CO)O[C@@H]1O[C@@H]1C(C(=O)O)O[C@@H](O[C@@H]2C(CO)O[C@H](O[C@@H]3C(C(=O)O)O[C@@H](O)C(O)C3O)C(NC(C)=O)C2O)C(O)C1O. The van der Waals surface area contributed by atoms with Gasteiger partial charge < -0.3 is 105 Å². The van der Waals surface area contributed by atoms with E-state index in [1.54, 1.807) is 0 Å². The van der Waals surface area contributed by atoms with Crippen LogP contribution < -0.4 is 10.6 Å². The van der Waals surface area contributed by atoms with Crippen LogP contribution in [0.5, 0.6) is 0 Å². The number of carboxylic acids is 2. The highest BCUT2D eigenvalue weighted by atomic mass is 16.8. The van der Waals surface area contributed by atoms with Crippen LogP contribution in [0.2, 0.25) is 0 Å². The molecule has 0 saturated carbocycles. The summed E-state index contributed by atoms with van der Waals surface area (Å²) in [5, 5.41) is 128. The minimum Gasteiger partial charge on any atom is -0.479 e. The van der Waals surface area contributed by atoms with E-state index in [0.717, 1.165) is 13.8 Å². The monoisotopic (exact) mass is 776 g/mol. The fraction of sp³-hybridized carbons (Fsp3) is 0.857. The number of ether oxygens (including phenoxy) is 7. The number of carbonyl (C=O) groups excluding carboxylic acids is 2. The average Bonchev–Trinajstić information content (AvgIpc) is 3.09. The molecule has 4 aliphatic rings. The first kappa shape index (κ1) is 42.9. The first-order chi connectivity index (χ1) is 24.8. The molecule has 0 radical (unpaired) electrons. The molecule has 53 heavy (non-hydrogen) atoms. The lowest BCUT2D eigenvalue weighted by molar-refractivity contribution is -0.370. The Morgan fingerprint density at radius 2 is 0.943 bits per heavy atom. The molecule has 25 heteroatoms. The Hall–Kier alpha value is -2.80. The number of rotatable bonds is 12. The Kier molecular flexibility index (Phi) is 14.4. The minimum absolute atomic E-state index is 0.761. The van der Waals surface area contributed by atoms with Gasteiger partial charge in [0.25, 0.3) is 0 Å². The molecule has 14 N–H and O–H groups in total. The lowest BCUT2D eigenvalue weighted by Crippen LogP contribution is -2.70. The van der Waals surface area contributed by atoms with Crippen molar-refractivity contribution in [2.24, 2.45) is 0 Å². The van der Waals surface area contributed by atoms with Crippen molar-refractivity contribution in [1.29, 1.82) is 0 Å². The van der Waals surface area contributed by atoms with Crippen LogP contribution >= 0.6 is 0 Å². The number of nitrogens with one attached hydrogen (secondary N) is 2. The van der Waals surface area contributed by atoms with Crippen molar-refractivity contribution >= 4 is 23.8 Å². The highest BCUT2D eigenvalue weighted by Crippen LogP contribution is 2.34. The summed E-state index contributed by atoms with van der Waals surface area (Å²) in [7, 11) is 0. The summed E-state index contributed by atoms with van der Waals surface area (Å²) in [6.07, 6.45) is -36.1. The predicted molar refractivity (Wildman–Crippen MR) is 158 cm³/mol. The summed E-state index contributed by atoms with van der Waals surface area (Å²) in [5.41, 5.74) is 0. The molecule has 0 spiro atoms. The fourth-order valence-electron chi connectivity index (χ4n) is 6.29. The van der Waals surface area contributed by atoms with Crippen molar-refractivity contribution in [2.45, 2.75) is 137 Å².